The van der Waals surface area contributed by atoms with Gasteiger partial charge in [0.2, 0.25) is 5.91 Å². The summed E-state index contributed by atoms with van der Waals surface area (Å²) in [5.74, 6) is 11.1. The monoisotopic (exact) mass is 279 g/mol. The molecule has 21 heavy (non-hydrogen) atoms. The first-order chi connectivity index (χ1) is 10.3. The number of carbonyl (C=O) groups excluding carboxylic acids is 1. The minimum atomic E-state index is 0.0994. The molecule has 0 bridgehead atoms. The normalized spacial score (nSPS) is 15.4. The van der Waals surface area contributed by atoms with Crippen LogP contribution in [0.3, 0.4) is 0 Å². The third-order valence-corrected chi connectivity index (χ3v) is 2.88. The lowest BCUT2D eigenvalue weighted by atomic mass is 10.1. The maximum Gasteiger partial charge on any atom is 0.246 e. The molecule has 1 rings (SSSR count). The first kappa shape index (κ1) is 16.6. The molecule has 0 atom stereocenters. The van der Waals surface area contributed by atoms with E-state index in [9.17, 15) is 4.79 Å². The fourth-order valence-electron chi connectivity index (χ4n) is 1.83. The van der Waals surface area contributed by atoms with E-state index in [1.54, 1.807) is 24.3 Å². The molecular formula is C19H21NO. The summed E-state index contributed by atoms with van der Waals surface area (Å²) in [6.45, 7) is 3.68. The molecule has 0 saturated carbocycles. The highest BCUT2D eigenvalue weighted by molar-refractivity contribution is 5.87. The van der Waals surface area contributed by atoms with Crippen LogP contribution in [-0.4, -0.2) is 23.9 Å². The van der Waals surface area contributed by atoms with Crippen LogP contribution in [0, 0.1) is 23.7 Å². The lowest BCUT2D eigenvalue weighted by molar-refractivity contribution is -0.126. The van der Waals surface area contributed by atoms with Crippen LogP contribution < -0.4 is 0 Å². The van der Waals surface area contributed by atoms with Crippen molar-refractivity contribution in [2.24, 2.45) is 0 Å². The second-order valence-electron chi connectivity index (χ2n) is 4.53. The van der Waals surface area contributed by atoms with Crippen molar-refractivity contribution < 1.29 is 4.79 Å². The molecule has 1 aliphatic heterocycles. The van der Waals surface area contributed by atoms with Crippen LogP contribution in [0.25, 0.3) is 0 Å². The highest BCUT2D eigenvalue weighted by Gasteiger charge is 2.12. The number of hydrogen-bond donors (Lipinski definition) is 0. The van der Waals surface area contributed by atoms with Gasteiger partial charge in [-0.1, -0.05) is 42.2 Å². The van der Waals surface area contributed by atoms with E-state index in [1.807, 2.05) is 36.1 Å². The van der Waals surface area contributed by atoms with Gasteiger partial charge in [-0.2, -0.15) is 0 Å². The van der Waals surface area contributed by atoms with Crippen molar-refractivity contribution in [3.05, 3.63) is 48.6 Å². The molecule has 1 aliphatic rings. The summed E-state index contributed by atoms with van der Waals surface area (Å²) < 4.78 is 0. The maximum atomic E-state index is 11.8. The van der Waals surface area contributed by atoms with Gasteiger partial charge in [-0.25, -0.2) is 0 Å². The number of allylic oxidation sites excluding steroid dienone is 7. The van der Waals surface area contributed by atoms with Gasteiger partial charge < -0.3 is 4.90 Å². The van der Waals surface area contributed by atoms with Crippen molar-refractivity contribution in [3.8, 4) is 23.7 Å². The van der Waals surface area contributed by atoms with Crippen molar-refractivity contribution in [2.45, 2.75) is 26.2 Å². The molecule has 0 radical (unpaired) electrons. The molecular weight excluding hydrogens is 258 g/mol. The second-order valence-corrected chi connectivity index (χ2v) is 4.53. The average molecular weight is 279 g/mol. The van der Waals surface area contributed by atoms with Crippen LogP contribution in [-0.2, 0) is 4.79 Å². The van der Waals surface area contributed by atoms with E-state index in [0.29, 0.717) is 0 Å². The first-order valence-electron chi connectivity index (χ1n) is 7.25. The molecule has 0 unspecified atom stereocenters. The van der Waals surface area contributed by atoms with Gasteiger partial charge in [0.1, 0.15) is 0 Å². The van der Waals surface area contributed by atoms with Gasteiger partial charge in [0, 0.05) is 19.2 Å². The third-order valence-electron chi connectivity index (χ3n) is 2.88. The number of amides is 1. The predicted molar refractivity (Wildman–Crippen MR) is 88.2 cm³/mol. The molecule has 108 valence electrons. The molecule has 1 amide bonds. The lowest BCUT2D eigenvalue weighted by Crippen LogP contribution is -2.34. The molecule has 0 aliphatic carbocycles. The smallest absolute Gasteiger partial charge is 0.246 e. The third kappa shape index (κ3) is 8.35. The van der Waals surface area contributed by atoms with Crippen molar-refractivity contribution in [3.63, 3.8) is 0 Å². The van der Waals surface area contributed by atoms with Crippen molar-refractivity contribution in [2.75, 3.05) is 13.1 Å². The minimum absolute atomic E-state index is 0.0994. The summed E-state index contributed by atoms with van der Waals surface area (Å²) in [7, 11) is 0. The van der Waals surface area contributed by atoms with E-state index in [2.05, 4.69) is 23.7 Å². The molecule has 2 nitrogen and oxygen atoms in total. The number of nitrogens with zero attached hydrogens (tertiary/aromatic N) is 1. The van der Waals surface area contributed by atoms with Gasteiger partial charge in [0.05, 0.1) is 0 Å². The maximum absolute atomic E-state index is 11.8. The summed E-state index contributed by atoms with van der Waals surface area (Å²) >= 11 is 0. The number of carbonyl (C=O) groups is 1. The van der Waals surface area contributed by atoms with Gasteiger partial charge in [0.25, 0.3) is 0 Å². The number of rotatable bonds is 3. The topological polar surface area (TPSA) is 20.3 Å². The summed E-state index contributed by atoms with van der Waals surface area (Å²) in [6, 6.07) is 0. The van der Waals surface area contributed by atoms with E-state index < -0.39 is 0 Å². The Morgan fingerprint density at radius 1 is 0.905 bits per heavy atom. The molecule has 0 spiro atoms. The van der Waals surface area contributed by atoms with Gasteiger partial charge in [-0.15, -0.1) is 0 Å². The predicted octanol–water partition coefficient (Wildman–Crippen LogP) is 3.25. The van der Waals surface area contributed by atoms with E-state index in [-0.39, 0.29) is 5.91 Å². The summed E-state index contributed by atoms with van der Waals surface area (Å²) in [6.07, 6.45) is 17.7. The Balaban J connectivity index is 2.29. The van der Waals surface area contributed by atoms with Crippen LogP contribution in [0.1, 0.15) is 26.2 Å². The summed E-state index contributed by atoms with van der Waals surface area (Å²) in [5.41, 5.74) is 0. The molecule has 1 heterocycles. The number of hydrogen-bond acceptors (Lipinski definition) is 1. The van der Waals surface area contributed by atoms with Gasteiger partial charge >= 0.3 is 0 Å². The van der Waals surface area contributed by atoms with Crippen LogP contribution in [0.2, 0.25) is 0 Å². The van der Waals surface area contributed by atoms with Gasteiger partial charge in [-0.3, -0.25) is 4.79 Å². The van der Waals surface area contributed by atoms with E-state index in [1.165, 1.54) is 6.42 Å². The summed E-state index contributed by atoms with van der Waals surface area (Å²) in [4.78, 5) is 13.7. The Morgan fingerprint density at radius 3 is 2.29 bits per heavy atom. The number of piperidine rings is 1. The van der Waals surface area contributed by atoms with Crippen LogP contribution in [0.4, 0.5) is 0 Å². The Labute approximate surface area is 127 Å². The largest absolute Gasteiger partial charge is 0.339 e. The highest BCUT2D eigenvalue weighted by Crippen LogP contribution is 2.08. The molecule has 0 aromatic rings. The van der Waals surface area contributed by atoms with Crippen molar-refractivity contribution in [1.29, 1.82) is 0 Å². The zero-order chi connectivity index (χ0) is 15.2. The quantitative estimate of drug-likeness (QED) is 0.441. The number of likely N-dealkylation sites (tertiary alicyclic amines) is 1. The van der Waals surface area contributed by atoms with E-state index in [4.69, 9.17) is 0 Å². The SMILES string of the molecule is C/C=C/C#CC#C/C=C/C=C/C=C/C(=O)N1CCCCC1. The van der Waals surface area contributed by atoms with Crippen LogP contribution >= 0.6 is 0 Å². The zero-order valence-electron chi connectivity index (χ0n) is 12.5. The highest BCUT2D eigenvalue weighted by atomic mass is 16.2. The van der Waals surface area contributed by atoms with Gasteiger partial charge in [0.15, 0.2) is 0 Å². The Hall–Kier alpha value is -2.45. The zero-order valence-corrected chi connectivity index (χ0v) is 12.5. The van der Waals surface area contributed by atoms with Crippen LogP contribution in [0.15, 0.2) is 48.6 Å². The molecule has 0 aromatic carbocycles. The lowest BCUT2D eigenvalue weighted by Gasteiger charge is -2.25. The standard InChI is InChI=1S/C19H21NO/c1-2-3-4-5-6-7-8-9-10-11-13-16-19(21)20-17-14-12-15-18-20/h2-3,8-11,13,16H,12,14-15,17-18H2,1H3/b3-2+,9-8+,11-10+,16-13+. The Morgan fingerprint density at radius 2 is 1.57 bits per heavy atom. The fraction of sp³-hybridized carbons (Fsp3) is 0.316. The average Bonchev–Trinajstić information content (AvgIpc) is 2.53. The van der Waals surface area contributed by atoms with E-state index in [0.717, 1.165) is 25.9 Å². The Bertz CT molecular complexity index is 550. The first-order valence-corrected chi connectivity index (χ1v) is 7.25. The molecule has 2 heteroatoms. The molecule has 0 N–H and O–H groups in total. The second kappa shape index (κ2) is 11.4. The van der Waals surface area contributed by atoms with Crippen LogP contribution in [0.5, 0.6) is 0 Å². The van der Waals surface area contributed by atoms with Gasteiger partial charge in [-0.05, 0) is 50.2 Å². The van der Waals surface area contributed by atoms with E-state index >= 15 is 0 Å². The fourth-order valence-corrected chi connectivity index (χ4v) is 1.83. The minimum Gasteiger partial charge on any atom is -0.339 e. The van der Waals surface area contributed by atoms with Crippen molar-refractivity contribution >= 4 is 5.91 Å². The molecule has 0 aromatic heterocycles. The van der Waals surface area contributed by atoms with Crippen molar-refractivity contribution in [1.82, 2.24) is 4.90 Å². The summed E-state index contributed by atoms with van der Waals surface area (Å²) in [5, 5.41) is 0. The molecule has 1 fully saturated rings. The Kier molecular flexibility index (Phi) is 9.00. The molecule has 1 saturated heterocycles.